The summed E-state index contributed by atoms with van der Waals surface area (Å²) in [6.07, 6.45) is 7.42. The van der Waals surface area contributed by atoms with Gasteiger partial charge >= 0.3 is 0 Å². The van der Waals surface area contributed by atoms with Gasteiger partial charge in [0.25, 0.3) is 0 Å². The smallest absolute Gasteiger partial charge is 0.166 e. The van der Waals surface area contributed by atoms with Crippen molar-refractivity contribution in [2.24, 2.45) is 0 Å². The Bertz CT molecular complexity index is 1050. The number of ether oxygens (including phenoxy) is 1. The van der Waals surface area contributed by atoms with E-state index in [1.165, 1.54) is 0 Å². The van der Waals surface area contributed by atoms with E-state index >= 15 is 0 Å². The van der Waals surface area contributed by atoms with Gasteiger partial charge in [-0.15, -0.1) is 0 Å². The van der Waals surface area contributed by atoms with Crippen LogP contribution >= 0.6 is 23.2 Å². The highest BCUT2D eigenvalue weighted by Gasteiger charge is 2.20. The minimum absolute atomic E-state index is 0.316. The molecule has 1 fully saturated rings. The van der Waals surface area contributed by atoms with Gasteiger partial charge in [-0.05, 0) is 57.5 Å². The van der Waals surface area contributed by atoms with Crippen molar-refractivity contribution in [3.8, 4) is 16.9 Å². The van der Waals surface area contributed by atoms with E-state index in [-0.39, 0.29) is 6.10 Å². The molecule has 1 atom stereocenters. The third-order valence-corrected chi connectivity index (χ3v) is 6.36. The lowest BCUT2D eigenvalue weighted by Crippen LogP contribution is -2.29. The minimum Gasteiger partial charge on any atom is -0.482 e. The first-order valence-electron chi connectivity index (χ1n) is 10.1. The molecule has 3 aromatic rings. The normalized spacial score (nSPS) is 15.9. The van der Waals surface area contributed by atoms with Crippen LogP contribution in [0, 0.1) is 6.92 Å². The van der Waals surface area contributed by atoms with Gasteiger partial charge < -0.3 is 15.8 Å². The van der Waals surface area contributed by atoms with E-state index in [4.69, 9.17) is 33.7 Å². The highest BCUT2D eigenvalue weighted by molar-refractivity contribution is 6.36. The molecular weight excluding hydrogens is 421 g/mol. The third-order valence-electron chi connectivity index (χ3n) is 5.53. The number of nitrogens with two attached hydrogens (primary N) is 1. The summed E-state index contributed by atoms with van der Waals surface area (Å²) < 4.78 is 8.18. The summed E-state index contributed by atoms with van der Waals surface area (Å²) in [5.41, 5.74) is 9.64. The molecule has 3 N–H and O–H groups in total. The lowest BCUT2D eigenvalue weighted by Gasteiger charge is -2.22. The Labute approximate surface area is 186 Å². The number of hydrogen-bond acceptors (Lipinski definition) is 5. The second-order valence-electron chi connectivity index (χ2n) is 7.65. The second kappa shape index (κ2) is 8.84. The van der Waals surface area contributed by atoms with Crippen molar-refractivity contribution in [1.82, 2.24) is 20.1 Å². The van der Waals surface area contributed by atoms with Crippen LogP contribution in [0.2, 0.25) is 10.0 Å². The fourth-order valence-electron chi connectivity index (χ4n) is 3.77. The number of halogens is 2. The minimum atomic E-state index is -0.387. The van der Waals surface area contributed by atoms with Gasteiger partial charge in [-0.1, -0.05) is 29.3 Å². The van der Waals surface area contributed by atoms with Crippen LogP contribution < -0.4 is 15.8 Å². The zero-order valence-corrected chi connectivity index (χ0v) is 18.5. The van der Waals surface area contributed by atoms with Gasteiger partial charge in [0.2, 0.25) is 0 Å². The molecule has 30 heavy (non-hydrogen) atoms. The third kappa shape index (κ3) is 4.26. The van der Waals surface area contributed by atoms with Gasteiger partial charge in [0.1, 0.15) is 6.10 Å². The molecular formula is C22H25Cl2N5O. The number of aromatic nitrogens is 3. The fraction of sp³-hybridized carbons (Fsp3) is 0.364. The molecule has 6 nitrogen and oxygen atoms in total. The molecule has 158 valence electrons. The fourth-order valence-corrected chi connectivity index (χ4v) is 4.44. The summed E-state index contributed by atoms with van der Waals surface area (Å²) in [7, 11) is 0. The monoisotopic (exact) mass is 445 g/mol. The summed E-state index contributed by atoms with van der Waals surface area (Å²) in [5.74, 6) is 0.805. The van der Waals surface area contributed by atoms with E-state index < -0.39 is 0 Å². The van der Waals surface area contributed by atoms with Crippen LogP contribution in [-0.4, -0.2) is 27.9 Å². The summed E-state index contributed by atoms with van der Waals surface area (Å²) in [6.45, 7) is 5.87. The number of nitrogens with one attached hydrogen (secondary N) is 1. The van der Waals surface area contributed by atoms with E-state index in [1.807, 2.05) is 42.9 Å². The first kappa shape index (κ1) is 21.0. The van der Waals surface area contributed by atoms with Crippen molar-refractivity contribution in [1.29, 1.82) is 0 Å². The van der Waals surface area contributed by atoms with Gasteiger partial charge in [-0.25, -0.2) is 4.98 Å². The predicted molar refractivity (Wildman–Crippen MR) is 121 cm³/mol. The van der Waals surface area contributed by atoms with Crippen molar-refractivity contribution in [3.05, 3.63) is 58.0 Å². The topological polar surface area (TPSA) is 78.0 Å². The molecule has 0 bridgehead atoms. The Hall–Kier alpha value is -2.28. The van der Waals surface area contributed by atoms with Gasteiger partial charge in [-0.3, -0.25) is 4.68 Å². The van der Waals surface area contributed by atoms with Crippen LogP contribution in [0.1, 0.15) is 43.0 Å². The molecule has 1 aliphatic heterocycles. The quantitative estimate of drug-likeness (QED) is 0.563. The van der Waals surface area contributed by atoms with Crippen molar-refractivity contribution in [3.63, 3.8) is 0 Å². The Morgan fingerprint density at radius 2 is 1.97 bits per heavy atom. The molecule has 2 aromatic heterocycles. The number of piperidine rings is 1. The zero-order valence-electron chi connectivity index (χ0n) is 17.0. The Morgan fingerprint density at radius 3 is 2.73 bits per heavy atom. The molecule has 0 aliphatic carbocycles. The maximum atomic E-state index is 6.48. The first-order chi connectivity index (χ1) is 14.4. The molecule has 0 saturated carbocycles. The van der Waals surface area contributed by atoms with Crippen molar-refractivity contribution in [2.75, 3.05) is 18.8 Å². The standard InChI is InChI=1S/C22H25Cl2N5O/c1-13-3-4-18(23)20(21(13)24)14(2)30-19-9-15(10-27-22(19)25)16-11-28-29(12-16)17-5-7-26-8-6-17/h3-4,9-12,14,17,26H,5-8H2,1-2H3,(H2,25,27)/t14-/m1/s1. The van der Waals surface area contributed by atoms with Gasteiger partial charge in [0.15, 0.2) is 11.6 Å². The second-order valence-corrected chi connectivity index (χ2v) is 8.43. The maximum Gasteiger partial charge on any atom is 0.166 e. The van der Waals surface area contributed by atoms with Crippen LogP contribution in [0.15, 0.2) is 36.8 Å². The molecule has 1 aliphatic rings. The van der Waals surface area contributed by atoms with E-state index in [0.29, 0.717) is 27.7 Å². The average Bonchev–Trinajstić information content (AvgIpc) is 3.24. The van der Waals surface area contributed by atoms with Gasteiger partial charge in [0, 0.05) is 34.1 Å². The summed E-state index contributed by atoms with van der Waals surface area (Å²) in [4.78, 5) is 4.33. The van der Waals surface area contributed by atoms with Crippen LogP contribution in [0.3, 0.4) is 0 Å². The van der Waals surface area contributed by atoms with E-state index in [9.17, 15) is 0 Å². The highest BCUT2D eigenvalue weighted by atomic mass is 35.5. The lowest BCUT2D eigenvalue weighted by atomic mass is 10.1. The number of hydrogen-bond donors (Lipinski definition) is 2. The summed E-state index contributed by atoms with van der Waals surface area (Å²) in [6, 6.07) is 6.02. The summed E-state index contributed by atoms with van der Waals surface area (Å²) >= 11 is 12.9. The van der Waals surface area contributed by atoms with Crippen molar-refractivity contribution >= 4 is 29.0 Å². The Balaban J connectivity index is 1.58. The Morgan fingerprint density at radius 1 is 1.20 bits per heavy atom. The molecule has 8 heteroatoms. The zero-order chi connectivity index (χ0) is 21.3. The van der Waals surface area contributed by atoms with Crippen LogP contribution in [-0.2, 0) is 0 Å². The van der Waals surface area contributed by atoms with E-state index in [2.05, 4.69) is 21.6 Å². The van der Waals surface area contributed by atoms with Crippen LogP contribution in [0.5, 0.6) is 5.75 Å². The average molecular weight is 446 g/mol. The molecule has 1 saturated heterocycles. The number of aryl methyl sites for hydroxylation is 1. The lowest BCUT2D eigenvalue weighted by molar-refractivity contribution is 0.228. The van der Waals surface area contributed by atoms with Crippen molar-refractivity contribution < 1.29 is 4.74 Å². The van der Waals surface area contributed by atoms with Crippen LogP contribution in [0.25, 0.3) is 11.1 Å². The van der Waals surface area contributed by atoms with Gasteiger partial charge in [0.05, 0.1) is 17.3 Å². The molecule has 0 spiro atoms. The maximum absolute atomic E-state index is 6.48. The summed E-state index contributed by atoms with van der Waals surface area (Å²) in [5, 5.41) is 9.10. The van der Waals surface area contributed by atoms with E-state index in [0.717, 1.165) is 48.2 Å². The van der Waals surface area contributed by atoms with Crippen LogP contribution in [0.4, 0.5) is 5.82 Å². The molecule has 0 unspecified atom stereocenters. The molecule has 0 amide bonds. The van der Waals surface area contributed by atoms with E-state index in [1.54, 1.807) is 6.20 Å². The number of rotatable bonds is 5. The number of nitrogens with zero attached hydrogens (tertiary/aromatic N) is 3. The number of benzene rings is 1. The SMILES string of the molecule is Cc1ccc(Cl)c([C@@H](C)Oc2cc(-c3cnn(C4CCNCC4)c3)cnc2N)c1Cl. The molecule has 1 aromatic carbocycles. The number of pyridine rings is 1. The largest absolute Gasteiger partial charge is 0.482 e. The first-order valence-corrected chi connectivity index (χ1v) is 10.8. The number of anilines is 1. The predicted octanol–water partition coefficient (Wildman–Crippen LogP) is 5.21. The highest BCUT2D eigenvalue weighted by Crippen LogP contribution is 2.37. The van der Waals surface area contributed by atoms with Crippen molar-refractivity contribution in [2.45, 2.75) is 38.8 Å². The Kier molecular flexibility index (Phi) is 6.18. The molecule has 4 rings (SSSR count). The molecule has 3 heterocycles. The number of nitrogen functional groups attached to an aromatic ring is 1. The van der Waals surface area contributed by atoms with Gasteiger partial charge in [-0.2, -0.15) is 5.10 Å². The molecule has 0 radical (unpaired) electrons.